The first-order valence-corrected chi connectivity index (χ1v) is 30.3. The zero-order chi connectivity index (χ0) is 54.3. The van der Waals surface area contributed by atoms with E-state index in [2.05, 4.69) is 167 Å². The van der Waals surface area contributed by atoms with Crippen LogP contribution < -0.4 is 0 Å². The number of allylic oxidation sites excluding steroid dienone is 24. The van der Waals surface area contributed by atoms with Gasteiger partial charge in [-0.15, -0.1) is 0 Å². The Morgan fingerprint density at radius 1 is 0.280 bits per heavy atom. The van der Waals surface area contributed by atoms with Crippen molar-refractivity contribution in [3.05, 3.63) is 146 Å². The van der Waals surface area contributed by atoms with Crippen molar-refractivity contribution in [3.8, 4) is 0 Å². The summed E-state index contributed by atoms with van der Waals surface area (Å²) in [5.74, 6) is -0.989. The number of ether oxygens (including phenoxy) is 3. The zero-order valence-corrected chi connectivity index (χ0v) is 48.3. The van der Waals surface area contributed by atoms with Gasteiger partial charge in [-0.3, -0.25) is 14.4 Å². The minimum atomic E-state index is -0.815. The van der Waals surface area contributed by atoms with E-state index in [1.807, 2.05) is 0 Å². The van der Waals surface area contributed by atoms with Gasteiger partial charge in [0, 0.05) is 19.3 Å². The van der Waals surface area contributed by atoms with Crippen LogP contribution in [0.4, 0.5) is 0 Å². The minimum Gasteiger partial charge on any atom is -0.462 e. The predicted molar refractivity (Wildman–Crippen MR) is 325 cm³/mol. The van der Waals surface area contributed by atoms with Crippen LogP contribution in [0.1, 0.15) is 252 Å². The van der Waals surface area contributed by atoms with E-state index in [4.69, 9.17) is 14.2 Å². The fourth-order valence-corrected chi connectivity index (χ4v) is 7.87. The Bertz CT molecular complexity index is 1660. The van der Waals surface area contributed by atoms with Gasteiger partial charge in [0.15, 0.2) is 6.10 Å². The molecule has 1 atom stereocenters. The van der Waals surface area contributed by atoms with Gasteiger partial charge in [0.2, 0.25) is 0 Å². The first kappa shape index (κ1) is 70.3. The number of unbranched alkanes of at least 4 members (excludes halogenated alkanes) is 18. The highest BCUT2D eigenvalue weighted by molar-refractivity contribution is 5.71. The monoisotopic (exact) mass is 1030 g/mol. The van der Waals surface area contributed by atoms with Crippen molar-refractivity contribution in [2.75, 3.05) is 13.2 Å². The number of esters is 3. The maximum atomic E-state index is 12.9. The molecule has 0 saturated carbocycles. The largest absolute Gasteiger partial charge is 0.462 e. The van der Waals surface area contributed by atoms with Crippen LogP contribution in [0.3, 0.4) is 0 Å². The average Bonchev–Trinajstić information content (AvgIpc) is 3.41. The molecule has 0 bridgehead atoms. The van der Waals surface area contributed by atoms with Gasteiger partial charge in [-0.05, 0) is 116 Å². The third-order valence-electron chi connectivity index (χ3n) is 12.3. The van der Waals surface area contributed by atoms with Crippen LogP contribution >= 0.6 is 0 Å². The molecule has 0 N–H and O–H groups in total. The number of carbonyl (C=O) groups excluding carboxylic acids is 3. The third kappa shape index (κ3) is 60.0. The van der Waals surface area contributed by atoms with Crippen LogP contribution in [-0.4, -0.2) is 37.2 Å². The van der Waals surface area contributed by atoms with E-state index in [1.54, 1.807) is 0 Å². The number of hydrogen-bond acceptors (Lipinski definition) is 6. The summed E-state index contributed by atoms with van der Waals surface area (Å²) in [6.07, 6.45) is 88.5. The van der Waals surface area contributed by atoms with Crippen LogP contribution in [0, 0.1) is 0 Å². The molecule has 0 fully saturated rings. The van der Waals surface area contributed by atoms with E-state index >= 15 is 0 Å². The Balaban J connectivity index is 4.45. The maximum Gasteiger partial charge on any atom is 0.306 e. The normalized spacial score (nSPS) is 13.2. The quantitative estimate of drug-likeness (QED) is 0.0261. The molecular weight excluding hydrogens is 925 g/mol. The Kier molecular flexibility index (Phi) is 58.0. The smallest absolute Gasteiger partial charge is 0.306 e. The summed E-state index contributed by atoms with van der Waals surface area (Å²) in [5.41, 5.74) is 0. The van der Waals surface area contributed by atoms with E-state index in [0.29, 0.717) is 19.3 Å². The summed E-state index contributed by atoms with van der Waals surface area (Å²) in [6.45, 7) is 6.35. The molecule has 0 heterocycles. The lowest BCUT2D eigenvalue weighted by atomic mass is 10.0. The highest BCUT2D eigenvalue weighted by atomic mass is 16.6. The summed E-state index contributed by atoms with van der Waals surface area (Å²) in [6, 6.07) is 0. The van der Waals surface area contributed by atoms with Crippen molar-refractivity contribution in [3.63, 3.8) is 0 Å². The summed E-state index contributed by atoms with van der Waals surface area (Å²) in [4.78, 5) is 38.2. The van der Waals surface area contributed by atoms with Crippen molar-refractivity contribution >= 4 is 17.9 Å². The van der Waals surface area contributed by atoms with Crippen LogP contribution in [0.5, 0.6) is 0 Å². The number of carbonyl (C=O) groups is 3. The molecule has 6 nitrogen and oxygen atoms in total. The SMILES string of the molecule is CC/C=C\C/C=C\C/C=C\C/C=C\C/C=C\C/C=C\C/C=C\C/C=C\C/C=C\CCCC(=O)OCC(COC(=O)CCCCCCCCCCCCCCC)OC(=O)CCCCCCC/C=C\C/C=C\C/C=C\CC. The van der Waals surface area contributed by atoms with Crippen LogP contribution in [0.2, 0.25) is 0 Å². The van der Waals surface area contributed by atoms with Gasteiger partial charge in [0.05, 0.1) is 0 Å². The fraction of sp³-hybridized carbons (Fsp3) is 0.609. The van der Waals surface area contributed by atoms with Crippen LogP contribution in [0.15, 0.2) is 146 Å². The Hall–Kier alpha value is -4.71. The van der Waals surface area contributed by atoms with Gasteiger partial charge in [0.25, 0.3) is 0 Å². The minimum absolute atomic E-state index is 0.106. The lowest BCUT2D eigenvalue weighted by Crippen LogP contribution is -2.30. The lowest BCUT2D eigenvalue weighted by Gasteiger charge is -2.18. The molecule has 6 heteroatoms. The van der Waals surface area contributed by atoms with E-state index in [0.717, 1.165) is 141 Å². The summed E-state index contributed by atoms with van der Waals surface area (Å²) in [5, 5.41) is 0. The standard InChI is InChI=1S/C69H110O6/c1-4-7-10-13-16-19-22-25-27-28-29-30-31-32-33-34-35-36-37-38-39-40-42-44-47-50-53-56-59-62-68(71)74-65-66(64-73-67(70)61-58-55-52-49-46-43-24-21-18-15-12-9-6-3)75-69(72)63-60-57-54-51-48-45-41-26-23-20-17-14-11-8-5-2/h7-8,10-11,16-17,19-20,25-27,29-30,32-33,35-36,38-39,41-42,44,50,53,66H,4-6,9,12-15,18,21-24,28,31,34,37,40,43,45-49,51-52,54-65H2,1-3H3/b10-7-,11-8-,19-16-,20-17-,27-25-,30-29-,33-32-,36-35-,39-38-,41-26-,44-42-,53-50-. The molecule has 0 aliphatic heterocycles. The summed E-state index contributed by atoms with van der Waals surface area (Å²) < 4.78 is 16.8. The molecule has 0 rings (SSSR count). The predicted octanol–water partition coefficient (Wildman–Crippen LogP) is 20.8. The Morgan fingerprint density at radius 2 is 0.533 bits per heavy atom. The molecule has 1 unspecified atom stereocenters. The zero-order valence-electron chi connectivity index (χ0n) is 48.3. The van der Waals surface area contributed by atoms with Crippen LogP contribution in [-0.2, 0) is 28.6 Å². The molecule has 0 aliphatic carbocycles. The molecule has 0 radical (unpaired) electrons. The first-order chi connectivity index (χ1) is 37.0. The Morgan fingerprint density at radius 3 is 0.867 bits per heavy atom. The van der Waals surface area contributed by atoms with Crippen molar-refractivity contribution < 1.29 is 28.6 Å². The molecule has 0 aliphatic rings. The summed E-state index contributed by atoms with van der Waals surface area (Å²) >= 11 is 0. The van der Waals surface area contributed by atoms with Gasteiger partial charge in [-0.25, -0.2) is 0 Å². The Labute approximate surface area is 461 Å². The second kappa shape index (κ2) is 61.8. The van der Waals surface area contributed by atoms with E-state index in [-0.39, 0.29) is 37.5 Å². The van der Waals surface area contributed by atoms with E-state index in [1.165, 1.54) is 64.2 Å². The molecule has 0 aromatic heterocycles. The second-order valence-corrected chi connectivity index (χ2v) is 19.5. The fourth-order valence-electron chi connectivity index (χ4n) is 7.87. The van der Waals surface area contributed by atoms with Gasteiger partial charge in [-0.1, -0.05) is 263 Å². The molecular formula is C69H110O6. The number of rotatable bonds is 53. The van der Waals surface area contributed by atoms with Crippen molar-refractivity contribution in [2.24, 2.45) is 0 Å². The van der Waals surface area contributed by atoms with Gasteiger partial charge in [-0.2, -0.15) is 0 Å². The number of hydrogen-bond donors (Lipinski definition) is 0. The van der Waals surface area contributed by atoms with E-state index < -0.39 is 6.10 Å². The second-order valence-electron chi connectivity index (χ2n) is 19.5. The topological polar surface area (TPSA) is 78.9 Å². The van der Waals surface area contributed by atoms with Crippen LogP contribution in [0.25, 0.3) is 0 Å². The van der Waals surface area contributed by atoms with Gasteiger partial charge in [0.1, 0.15) is 13.2 Å². The highest BCUT2D eigenvalue weighted by Crippen LogP contribution is 2.15. The molecule has 0 aromatic rings. The molecule has 0 spiro atoms. The average molecular weight is 1040 g/mol. The molecule has 0 amide bonds. The summed E-state index contributed by atoms with van der Waals surface area (Å²) in [7, 11) is 0. The molecule has 75 heavy (non-hydrogen) atoms. The van der Waals surface area contributed by atoms with Gasteiger partial charge < -0.3 is 14.2 Å². The van der Waals surface area contributed by atoms with Crippen molar-refractivity contribution in [2.45, 2.75) is 258 Å². The highest BCUT2D eigenvalue weighted by Gasteiger charge is 2.19. The molecule has 0 aromatic carbocycles. The molecule has 422 valence electrons. The molecule has 0 saturated heterocycles. The first-order valence-electron chi connectivity index (χ1n) is 30.3. The lowest BCUT2D eigenvalue weighted by molar-refractivity contribution is -0.167. The van der Waals surface area contributed by atoms with Crippen molar-refractivity contribution in [1.82, 2.24) is 0 Å². The van der Waals surface area contributed by atoms with Crippen molar-refractivity contribution in [1.29, 1.82) is 0 Å². The third-order valence-corrected chi connectivity index (χ3v) is 12.3. The van der Waals surface area contributed by atoms with E-state index in [9.17, 15) is 14.4 Å². The maximum absolute atomic E-state index is 12.9. The van der Waals surface area contributed by atoms with Gasteiger partial charge >= 0.3 is 17.9 Å².